The monoisotopic (exact) mass is 280 g/mol. The Labute approximate surface area is 118 Å². The number of hydrogen-bond donors (Lipinski definition) is 1. The van der Waals surface area contributed by atoms with E-state index in [-0.39, 0.29) is 0 Å². The van der Waals surface area contributed by atoms with E-state index < -0.39 is 0 Å². The third-order valence-corrected chi connectivity index (χ3v) is 4.03. The van der Waals surface area contributed by atoms with Gasteiger partial charge in [0, 0.05) is 11.8 Å². The summed E-state index contributed by atoms with van der Waals surface area (Å²) in [5.74, 6) is 2.66. The number of ether oxygens (including phenoxy) is 2. The van der Waals surface area contributed by atoms with Crippen molar-refractivity contribution in [2.24, 2.45) is 4.99 Å². The molecular formula is C14H20N2O2S. The summed E-state index contributed by atoms with van der Waals surface area (Å²) in [7, 11) is 3.30. The van der Waals surface area contributed by atoms with Gasteiger partial charge >= 0.3 is 0 Å². The SMILES string of the molecule is CCC1CCSC(Nc2ccc(OC)cc2OC)=N1. The summed E-state index contributed by atoms with van der Waals surface area (Å²) >= 11 is 1.76. The van der Waals surface area contributed by atoms with Crippen LogP contribution in [0.3, 0.4) is 0 Å². The summed E-state index contributed by atoms with van der Waals surface area (Å²) in [6.07, 6.45) is 2.25. The largest absolute Gasteiger partial charge is 0.497 e. The second-order valence-electron chi connectivity index (χ2n) is 4.32. The maximum atomic E-state index is 5.38. The Morgan fingerprint density at radius 1 is 1.37 bits per heavy atom. The Kier molecular flexibility index (Phi) is 4.96. The smallest absolute Gasteiger partial charge is 0.161 e. The molecule has 0 fully saturated rings. The molecule has 0 amide bonds. The van der Waals surface area contributed by atoms with Crippen molar-refractivity contribution in [1.82, 2.24) is 0 Å². The lowest BCUT2D eigenvalue weighted by atomic mass is 10.2. The summed E-state index contributed by atoms with van der Waals surface area (Å²) in [5, 5.41) is 4.32. The molecule has 1 N–H and O–H groups in total. The molecule has 19 heavy (non-hydrogen) atoms. The predicted molar refractivity (Wildman–Crippen MR) is 81.8 cm³/mol. The molecule has 1 unspecified atom stereocenters. The van der Waals surface area contributed by atoms with Gasteiger partial charge in [-0.2, -0.15) is 0 Å². The lowest BCUT2D eigenvalue weighted by Gasteiger charge is -2.20. The number of aliphatic imine (C=N–C) groups is 1. The molecule has 4 nitrogen and oxygen atoms in total. The van der Waals surface area contributed by atoms with E-state index >= 15 is 0 Å². The Morgan fingerprint density at radius 3 is 2.89 bits per heavy atom. The summed E-state index contributed by atoms with van der Waals surface area (Å²) in [6.45, 7) is 2.18. The first-order valence-corrected chi connectivity index (χ1v) is 7.45. The molecular weight excluding hydrogens is 260 g/mol. The highest BCUT2D eigenvalue weighted by molar-refractivity contribution is 8.14. The number of anilines is 1. The zero-order valence-corrected chi connectivity index (χ0v) is 12.4. The third kappa shape index (κ3) is 3.56. The van der Waals surface area contributed by atoms with Gasteiger partial charge in [-0.25, -0.2) is 0 Å². The number of nitrogens with zero attached hydrogens (tertiary/aromatic N) is 1. The van der Waals surface area contributed by atoms with Crippen LogP contribution in [0, 0.1) is 0 Å². The molecule has 0 aromatic heterocycles. The standard InChI is InChI=1S/C14H20N2O2S/c1-4-10-7-8-19-14(15-10)16-12-6-5-11(17-2)9-13(12)18-3/h5-6,9-10H,4,7-8H2,1-3H3,(H,15,16). The second kappa shape index (κ2) is 6.70. The molecule has 0 radical (unpaired) electrons. The third-order valence-electron chi connectivity index (χ3n) is 3.11. The van der Waals surface area contributed by atoms with Gasteiger partial charge < -0.3 is 14.8 Å². The van der Waals surface area contributed by atoms with Gasteiger partial charge in [-0.3, -0.25) is 4.99 Å². The number of amidine groups is 1. The summed E-state index contributed by atoms with van der Waals surface area (Å²) in [4.78, 5) is 4.70. The molecule has 1 aliphatic rings. The minimum atomic E-state index is 0.438. The summed E-state index contributed by atoms with van der Waals surface area (Å²) in [5.41, 5.74) is 0.923. The minimum Gasteiger partial charge on any atom is -0.497 e. The van der Waals surface area contributed by atoms with Crippen molar-refractivity contribution in [2.75, 3.05) is 25.3 Å². The lowest BCUT2D eigenvalue weighted by molar-refractivity contribution is 0.395. The van der Waals surface area contributed by atoms with E-state index in [0.717, 1.165) is 40.9 Å². The van der Waals surface area contributed by atoms with Gasteiger partial charge in [0.15, 0.2) is 5.17 Å². The fraction of sp³-hybridized carbons (Fsp3) is 0.500. The van der Waals surface area contributed by atoms with Crippen LogP contribution in [-0.2, 0) is 0 Å². The van der Waals surface area contributed by atoms with Crippen molar-refractivity contribution in [3.05, 3.63) is 18.2 Å². The first-order chi connectivity index (χ1) is 9.26. The van der Waals surface area contributed by atoms with Gasteiger partial charge in [-0.15, -0.1) is 0 Å². The number of nitrogens with one attached hydrogen (secondary N) is 1. The van der Waals surface area contributed by atoms with Crippen molar-refractivity contribution in [2.45, 2.75) is 25.8 Å². The number of benzene rings is 1. The molecule has 2 rings (SSSR count). The van der Waals surface area contributed by atoms with Crippen molar-refractivity contribution in [1.29, 1.82) is 0 Å². The normalized spacial score (nSPS) is 18.7. The van der Waals surface area contributed by atoms with Gasteiger partial charge in [0.25, 0.3) is 0 Å². The zero-order chi connectivity index (χ0) is 13.7. The maximum absolute atomic E-state index is 5.38. The Morgan fingerprint density at radius 2 is 2.21 bits per heavy atom. The molecule has 5 heteroatoms. The van der Waals surface area contributed by atoms with E-state index in [1.54, 1.807) is 26.0 Å². The van der Waals surface area contributed by atoms with Crippen LogP contribution in [0.1, 0.15) is 19.8 Å². The van der Waals surface area contributed by atoms with E-state index in [0.29, 0.717) is 6.04 Å². The van der Waals surface area contributed by atoms with E-state index in [1.807, 2.05) is 18.2 Å². The minimum absolute atomic E-state index is 0.438. The van der Waals surface area contributed by atoms with Gasteiger partial charge in [-0.05, 0) is 25.0 Å². The van der Waals surface area contributed by atoms with Gasteiger partial charge in [0.1, 0.15) is 11.5 Å². The van der Waals surface area contributed by atoms with Crippen LogP contribution < -0.4 is 14.8 Å². The van der Waals surface area contributed by atoms with Crippen LogP contribution in [-0.4, -0.2) is 31.2 Å². The van der Waals surface area contributed by atoms with Crippen LogP contribution in [0.25, 0.3) is 0 Å². The second-order valence-corrected chi connectivity index (χ2v) is 5.41. The van der Waals surface area contributed by atoms with Gasteiger partial charge in [0.2, 0.25) is 0 Å². The highest BCUT2D eigenvalue weighted by Gasteiger charge is 2.15. The van der Waals surface area contributed by atoms with Crippen molar-refractivity contribution >= 4 is 22.6 Å². The van der Waals surface area contributed by atoms with Crippen LogP contribution in [0.4, 0.5) is 5.69 Å². The molecule has 1 atom stereocenters. The highest BCUT2D eigenvalue weighted by atomic mass is 32.2. The van der Waals surface area contributed by atoms with Crippen molar-refractivity contribution in [3.8, 4) is 11.5 Å². The highest BCUT2D eigenvalue weighted by Crippen LogP contribution is 2.31. The summed E-state index contributed by atoms with van der Waals surface area (Å²) in [6, 6.07) is 6.17. The van der Waals surface area contributed by atoms with Gasteiger partial charge in [-0.1, -0.05) is 18.7 Å². The van der Waals surface area contributed by atoms with E-state index in [9.17, 15) is 0 Å². The van der Waals surface area contributed by atoms with Crippen molar-refractivity contribution in [3.63, 3.8) is 0 Å². The molecule has 0 saturated heterocycles. The fourth-order valence-electron chi connectivity index (χ4n) is 1.94. The first kappa shape index (κ1) is 14.1. The molecule has 1 aliphatic heterocycles. The Balaban J connectivity index is 2.16. The molecule has 0 spiro atoms. The Bertz CT molecular complexity index is 463. The van der Waals surface area contributed by atoms with Crippen LogP contribution in [0.15, 0.2) is 23.2 Å². The van der Waals surface area contributed by atoms with Crippen molar-refractivity contribution < 1.29 is 9.47 Å². The Hall–Kier alpha value is -1.36. The average molecular weight is 280 g/mol. The molecule has 0 aliphatic carbocycles. The quantitative estimate of drug-likeness (QED) is 0.918. The lowest BCUT2D eigenvalue weighted by Crippen LogP contribution is -2.19. The van der Waals surface area contributed by atoms with Crippen LogP contribution in [0.2, 0.25) is 0 Å². The molecule has 1 aromatic carbocycles. The van der Waals surface area contributed by atoms with E-state index in [1.165, 1.54) is 0 Å². The molecule has 1 heterocycles. The number of thioether (sulfide) groups is 1. The molecule has 0 saturated carbocycles. The number of methoxy groups -OCH3 is 2. The summed E-state index contributed by atoms with van der Waals surface area (Å²) < 4.78 is 10.6. The zero-order valence-electron chi connectivity index (χ0n) is 11.6. The topological polar surface area (TPSA) is 42.8 Å². The number of hydrogen-bond acceptors (Lipinski definition) is 5. The van der Waals surface area contributed by atoms with Crippen LogP contribution >= 0.6 is 11.8 Å². The molecule has 1 aromatic rings. The van der Waals surface area contributed by atoms with Gasteiger partial charge in [0.05, 0.1) is 25.9 Å². The molecule has 104 valence electrons. The van der Waals surface area contributed by atoms with E-state index in [2.05, 4.69) is 12.2 Å². The molecule has 0 bridgehead atoms. The maximum Gasteiger partial charge on any atom is 0.161 e. The first-order valence-electron chi connectivity index (χ1n) is 6.46. The number of rotatable bonds is 4. The average Bonchev–Trinajstić information content (AvgIpc) is 2.48. The van der Waals surface area contributed by atoms with Crippen LogP contribution in [0.5, 0.6) is 11.5 Å². The predicted octanol–water partition coefficient (Wildman–Crippen LogP) is 3.39. The fourth-order valence-corrected chi connectivity index (χ4v) is 2.93. The van der Waals surface area contributed by atoms with E-state index in [4.69, 9.17) is 14.5 Å².